The van der Waals surface area contributed by atoms with Crippen LogP contribution in [0.25, 0.3) is 10.9 Å². The van der Waals surface area contributed by atoms with Gasteiger partial charge in [-0.1, -0.05) is 0 Å². The predicted octanol–water partition coefficient (Wildman–Crippen LogP) is 2.24. The van der Waals surface area contributed by atoms with Crippen LogP contribution < -0.4 is 14.8 Å². The molecule has 1 aromatic heterocycles. The van der Waals surface area contributed by atoms with Gasteiger partial charge >= 0.3 is 0 Å². The number of methoxy groups -OCH3 is 2. The summed E-state index contributed by atoms with van der Waals surface area (Å²) in [5, 5.41) is 4.26. The molecule has 6 nitrogen and oxygen atoms in total. The first-order chi connectivity index (χ1) is 10.3. The van der Waals surface area contributed by atoms with Gasteiger partial charge in [0, 0.05) is 24.6 Å². The van der Waals surface area contributed by atoms with E-state index in [9.17, 15) is 0 Å². The number of nitrogens with zero attached hydrogens (tertiary/aromatic N) is 2. The lowest BCUT2D eigenvalue weighted by Gasteiger charge is -2.14. The Balaban J connectivity index is 1.90. The third-order valence-electron chi connectivity index (χ3n) is 3.66. The SMILES string of the molecule is COc1cc2ncnc(NC[C@@H]3CCCO3)c2cc1OC. The zero-order valence-corrected chi connectivity index (χ0v) is 12.3. The monoisotopic (exact) mass is 289 g/mol. The average molecular weight is 289 g/mol. The second kappa shape index (κ2) is 6.13. The number of ether oxygens (including phenoxy) is 3. The Bertz CT molecular complexity index is 627. The molecule has 1 aromatic carbocycles. The first-order valence-corrected chi connectivity index (χ1v) is 7.04. The average Bonchev–Trinajstić information content (AvgIpc) is 3.04. The number of hydrogen-bond acceptors (Lipinski definition) is 6. The van der Waals surface area contributed by atoms with Crippen molar-refractivity contribution in [2.45, 2.75) is 18.9 Å². The topological polar surface area (TPSA) is 65.5 Å². The number of nitrogens with one attached hydrogen (secondary N) is 1. The van der Waals surface area contributed by atoms with Crippen molar-refractivity contribution < 1.29 is 14.2 Å². The Hall–Kier alpha value is -2.08. The van der Waals surface area contributed by atoms with Gasteiger partial charge in [0.15, 0.2) is 11.5 Å². The van der Waals surface area contributed by atoms with Crippen molar-refractivity contribution in [1.82, 2.24) is 9.97 Å². The van der Waals surface area contributed by atoms with Gasteiger partial charge < -0.3 is 19.5 Å². The second-order valence-electron chi connectivity index (χ2n) is 4.96. The molecule has 1 N–H and O–H groups in total. The van der Waals surface area contributed by atoms with Gasteiger partial charge in [0.2, 0.25) is 0 Å². The first kappa shape index (κ1) is 13.9. The van der Waals surface area contributed by atoms with E-state index in [1.807, 2.05) is 12.1 Å². The third kappa shape index (κ3) is 2.85. The minimum atomic E-state index is 0.259. The molecule has 0 aliphatic carbocycles. The Labute approximate surface area is 123 Å². The normalized spacial score (nSPS) is 17.9. The molecule has 1 fully saturated rings. The van der Waals surface area contributed by atoms with E-state index in [1.54, 1.807) is 20.5 Å². The molecule has 21 heavy (non-hydrogen) atoms. The third-order valence-corrected chi connectivity index (χ3v) is 3.66. The van der Waals surface area contributed by atoms with Crippen molar-refractivity contribution in [3.63, 3.8) is 0 Å². The molecule has 1 saturated heterocycles. The van der Waals surface area contributed by atoms with Crippen LogP contribution in [-0.2, 0) is 4.74 Å². The molecule has 0 amide bonds. The van der Waals surface area contributed by atoms with Crippen LogP contribution in [0.2, 0.25) is 0 Å². The Morgan fingerprint density at radius 1 is 1.24 bits per heavy atom. The molecule has 1 aliphatic heterocycles. The lowest BCUT2D eigenvalue weighted by atomic mass is 10.2. The van der Waals surface area contributed by atoms with Gasteiger partial charge in [-0.05, 0) is 18.9 Å². The quantitative estimate of drug-likeness (QED) is 0.910. The molecule has 3 rings (SSSR count). The Kier molecular flexibility index (Phi) is 4.06. The van der Waals surface area contributed by atoms with E-state index in [2.05, 4.69) is 15.3 Å². The molecular weight excluding hydrogens is 270 g/mol. The highest BCUT2D eigenvalue weighted by molar-refractivity contribution is 5.91. The summed E-state index contributed by atoms with van der Waals surface area (Å²) in [5.74, 6) is 2.12. The van der Waals surface area contributed by atoms with Gasteiger partial charge in [0.1, 0.15) is 12.1 Å². The summed E-state index contributed by atoms with van der Waals surface area (Å²) in [6, 6.07) is 3.75. The van der Waals surface area contributed by atoms with E-state index in [4.69, 9.17) is 14.2 Å². The highest BCUT2D eigenvalue weighted by Crippen LogP contribution is 2.33. The number of hydrogen-bond donors (Lipinski definition) is 1. The Morgan fingerprint density at radius 2 is 2.05 bits per heavy atom. The summed E-state index contributed by atoms with van der Waals surface area (Å²) < 4.78 is 16.3. The molecule has 0 saturated carbocycles. The molecular formula is C15H19N3O3. The maximum absolute atomic E-state index is 5.62. The van der Waals surface area contributed by atoms with E-state index in [-0.39, 0.29) is 6.10 Å². The van der Waals surface area contributed by atoms with E-state index in [0.717, 1.165) is 42.7 Å². The Morgan fingerprint density at radius 3 is 2.76 bits per heavy atom. The predicted molar refractivity (Wildman–Crippen MR) is 80.1 cm³/mol. The summed E-state index contributed by atoms with van der Waals surface area (Å²) in [5.41, 5.74) is 0.817. The number of anilines is 1. The fourth-order valence-corrected chi connectivity index (χ4v) is 2.54. The largest absolute Gasteiger partial charge is 0.493 e. The minimum Gasteiger partial charge on any atom is -0.493 e. The molecule has 0 spiro atoms. The molecule has 6 heteroatoms. The number of aromatic nitrogens is 2. The minimum absolute atomic E-state index is 0.259. The molecule has 1 aliphatic rings. The molecule has 112 valence electrons. The molecule has 0 radical (unpaired) electrons. The maximum atomic E-state index is 5.62. The van der Waals surface area contributed by atoms with Gasteiger partial charge in [0.25, 0.3) is 0 Å². The maximum Gasteiger partial charge on any atom is 0.162 e. The van der Waals surface area contributed by atoms with E-state index in [0.29, 0.717) is 11.5 Å². The number of benzene rings is 1. The van der Waals surface area contributed by atoms with Gasteiger partial charge in [0.05, 0.1) is 25.8 Å². The van der Waals surface area contributed by atoms with Crippen LogP contribution in [0, 0.1) is 0 Å². The van der Waals surface area contributed by atoms with Crippen LogP contribution in [0.4, 0.5) is 5.82 Å². The summed E-state index contributed by atoms with van der Waals surface area (Å²) in [4.78, 5) is 8.61. The molecule has 0 unspecified atom stereocenters. The van der Waals surface area contributed by atoms with Crippen molar-refractivity contribution in [2.75, 3.05) is 32.7 Å². The van der Waals surface area contributed by atoms with Crippen LogP contribution in [0.5, 0.6) is 11.5 Å². The fourth-order valence-electron chi connectivity index (χ4n) is 2.54. The van der Waals surface area contributed by atoms with Crippen molar-refractivity contribution in [2.24, 2.45) is 0 Å². The summed E-state index contributed by atoms with van der Waals surface area (Å²) in [6.07, 6.45) is 4.02. The van der Waals surface area contributed by atoms with E-state index < -0.39 is 0 Å². The molecule has 0 bridgehead atoms. The summed E-state index contributed by atoms with van der Waals surface area (Å²) in [6.45, 7) is 1.60. The lowest BCUT2D eigenvalue weighted by Crippen LogP contribution is -2.19. The van der Waals surface area contributed by atoms with Crippen molar-refractivity contribution >= 4 is 16.7 Å². The van der Waals surface area contributed by atoms with Crippen LogP contribution >= 0.6 is 0 Å². The smallest absolute Gasteiger partial charge is 0.162 e. The van der Waals surface area contributed by atoms with Crippen LogP contribution in [0.3, 0.4) is 0 Å². The van der Waals surface area contributed by atoms with Crippen molar-refractivity contribution in [3.05, 3.63) is 18.5 Å². The lowest BCUT2D eigenvalue weighted by molar-refractivity contribution is 0.120. The molecule has 2 heterocycles. The number of fused-ring (bicyclic) bond motifs is 1. The zero-order valence-electron chi connectivity index (χ0n) is 12.3. The van der Waals surface area contributed by atoms with Crippen molar-refractivity contribution in [1.29, 1.82) is 0 Å². The standard InChI is InChI=1S/C15H19N3O3/c1-19-13-6-11-12(7-14(13)20-2)17-9-18-15(11)16-8-10-4-3-5-21-10/h6-7,9-10H,3-5,8H2,1-2H3,(H,16,17,18)/t10-/m0/s1. The first-order valence-electron chi connectivity index (χ1n) is 7.04. The highest BCUT2D eigenvalue weighted by atomic mass is 16.5. The summed E-state index contributed by atoms with van der Waals surface area (Å²) >= 11 is 0. The van der Waals surface area contributed by atoms with Gasteiger partial charge in [-0.3, -0.25) is 0 Å². The van der Waals surface area contributed by atoms with Gasteiger partial charge in [-0.15, -0.1) is 0 Å². The number of rotatable bonds is 5. The zero-order chi connectivity index (χ0) is 14.7. The van der Waals surface area contributed by atoms with Crippen molar-refractivity contribution in [3.8, 4) is 11.5 Å². The van der Waals surface area contributed by atoms with Crippen LogP contribution in [-0.4, -0.2) is 43.4 Å². The van der Waals surface area contributed by atoms with E-state index in [1.165, 1.54) is 0 Å². The van der Waals surface area contributed by atoms with Gasteiger partial charge in [-0.25, -0.2) is 9.97 Å². The summed E-state index contributed by atoms with van der Waals surface area (Å²) in [7, 11) is 3.23. The van der Waals surface area contributed by atoms with Crippen LogP contribution in [0.1, 0.15) is 12.8 Å². The van der Waals surface area contributed by atoms with Gasteiger partial charge in [-0.2, -0.15) is 0 Å². The molecule has 2 aromatic rings. The van der Waals surface area contributed by atoms with Crippen LogP contribution in [0.15, 0.2) is 18.5 Å². The second-order valence-corrected chi connectivity index (χ2v) is 4.96. The fraction of sp³-hybridized carbons (Fsp3) is 0.467. The highest BCUT2D eigenvalue weighted by Gasteiger charge is 2.16. The molecule has 1 atom stereocenters. The van der Waals surface area contributed by atoms with E-state index >= 15 is 0 Å².